The maximum absolute atomic E-state index is 12.1. The van der Waals surface area contributed by atoms with Gasteiger partial charge in [0.05, 0.1) is 29.2 Å². The van der Waals surface area contributed by atoms with Gasteiger partial charge in [-0.1, -0.05) is 48.4 Å². The molecular weight excluding hydrogens is 714 g/mol. The van der Waals surface area contributed by atoms with Crippen LogP contribution in [0.5, 0.6) is 17.2 Å². The Morgan fingerprint density at radius 2 is 1.67 bits per heavy atom. The summed E-state index contributed by atoms with van der Waals surface area (Å²) in [6.45, 7) is 9.33. The van der Waals surface area contributed by atoms with E-state index >= 15 is 0 Å². The van der Waals surface area contributed by atoms with Crippen LogP contribution in [0.15, 0.2) is 67.0 Å². The topological polar surface area (TPSA) is 132 Å². The molecule has 3 atom stereocenters. The van der Waals surface area contributed by atoms with Gasteiger partial charge in [0.25, 0.3) is 0 Å². The smallest absolute Gasteiger partial charge is 0.320 e. The molecule has 0 amide bonds. The number of carbonyl (C=O) groups is 1. The van der Waals surface area contributed by atoms with Gasteiger partial charge in [0.1, 0.15) is 42.6 Å². The van der Waals surface area contributed by atoms with E-state index in [4.69, 9.17) is 25.8 Å². The first-order valence-corrected chi connectivity index (χ1v) is 19.4. The lowest BCUT2D eigenvalue weighted by molar-refractivity contribution is -0.144. The van der Waals surface area contributed by atoms with Gasteiger partial charge in [0, 0.05) is 55.8 Å². The first kappa shape index (κ1) is 38.2. The van der Waals surface area contributed by atoms with Crippen molar-refractivity contribution in [2.45, 2.75) is 65.3 Å². The molecule has 11 heteroatoms. The molecule has 3 heterocycles. The van der Waals surface area contributed by atoms with Crippen molar-refractivity contribution in [3.8, 4) is 40.5 Å². The summed E-state index contributed by atoms with van der Waals surface area (Å²) in [5.41, 5.74) is 7.30. The third-order valence-electron chi connectivity index (χ3n) is 11.4. The third-order valence-corrected chi connectivity index (χ3v) is 11.7. The Labute approximate surface area is 327 Å². The number of piperidine rings is 2. The molecule has 3 aromatic carbocycles. The van der Waals surface area contributed by atoms with E-state index in [1.807, 2.05) is 29.2 Å². The molecule has 10 nitrogen and oxygen atoms in total. The minimum Gasteiger partial charge on any atom is -0.493 e. The number of hydrogen-bond donors (Lipinski definition) is 1. The molecule has 0 bridgehead atoms. The summed E-state index contributed by atoms with van der Waals surface area (Å²) in [5.74, 6) is 2.45. The van der Waals surface area contributed by atoms with Crippen LogP contribution in [0, 0.1) is 54.3 Å². The van der Waals surface area contributed by atoms with Crippen LogP contribution in [-0.2, 0) is 24.6 Å². The zero-order valence-corrected chi connectivity index (χ0v) is 32.1. The van der Waals surface area contributed by atoms with Gasteiger partial charge in [-0.2, -0.15) is 10.5 Å². The zero-order valence-electron chi connectivity index (χ0n) is 31.3. The second kappa shape index (κ2) is 17.1. The number of carboxylic acids is 1. The Morgan fingerprint density at radius 1 is 0.909 bits per heavy atom. The maximum atomic E-state index is 12.1. The van der Waals surface area contributed by atoms with E-state index < -0.39 is 12.0 Å². The van der Waals surface area contributed by atoms with Crippen LogP contribution in [0.25, 0.3) is 11.1 Å². The molecule has 2 unspecified atom stereocenters. The number of rotatable bonds is 15. The second-order valence-corrected chi connectivity index (χ2v) is 15.4. The number of nitrogens with zero attached hydrogens (tertiary/aromatic N) is 5. The number of aliphatic carboxylic acids is 1. The summed E-state index contributed by atoms with van der Waals surface area (Å²) in [7, 11) is 0. The number of hydrogen-bond acceptors (Lipinski definition) is 9. The highest BCUT2D eigenvalue weighted by Crippen LogP contribution is 2.51. The normalized spacial score (nSPS) is 20.6. The van der Waals surface area contributed by atoms with E-state index in [-0.39, 0.29) is 19.1 Å². The van der Waals surface area contributed by atoms with Gasteiger partial charge in [-0.25, -0.2) is 0 Å². The highest BCUT2D eigenvalue weighted by atomic mass is 35.5. The van der Waals surface area contributed by atoms with E-state index in [1.54, 1.807) is 24.4 Å². The molecule has 7 rings (SSSR count). The summed E-state index contributed by atoms with van der Waals surface area (Å²) < 4.78 is 19.0. The predicted octanol–water partition coefficient (Wildman–Crippen LogP) is 7.96. The monoisotopic (exact) mass is 759 g/mol. The molecule has 1 N–H and O–H groups in total. The van der Waals surface area contributed by atoms with Crippen molar-refractivity contribution in [1.29, 1.82) is 10.5 Å². The lowest BCUT2D eigenvalue weighted by Gasteiger charge is -2.33. The van der Waals surface area contributed by atoms with E-state index in [9.17, 15) is 20.4 Å². The molecule has 1 saturated carbocycles. The Balaban J connectivity index is 1.04. The summed E-state index contributed by atoms with van der Waals surface area (Å²) in [5, 5.41) is 28.9. The lowest BCUT2D eigenvalue weighted by Crippen LogP contribution is -2.44. The molecule has 2 aliphatic heterocycles. The number of likely N-dealkylation sites (tertiary alicyclic amines) is 2. The lowest BCUT2D eigenvalue weighted by atomic mass is 9.93. The van der Waals surface area contributed by atoms with Crippen molar-refractivity contribution in [2.75, 3.05) is 32.8 Å². The van der Waals surface area contributed by atoms with Crippen molar-refractivity contribution in [2.24, 2.45) is 17.8 Å². The number of nitriles is 2. The van der Waals surface area contributed by atoms with E-state index in [0.29, 0.717) is 60.0 Å². The fourth-order valence-corrected chi connectivity index (χ4v) is 8.46. The second-order valence-electron chi connectivity index (χ2n) is 14.9. The van der Waals surface area contributed by atoms with Gasteiger partial charge in [0.15, 0.2) is 0 Å². The van der Waals surface area contributed by atoms with Crippen LogP contribution in [0.2, 0.25) is 5.02 Å². The number of carboxylic acid groups (broad SMARTS) is 1. The molecule has 3 aliphatic rings. The molecule has 0 spiro atoms. The van der Waals surface area contributed by atoms with Crippen molar-refractivity contribution in [1.82, 2.24) is 14.8 Å². The minimum absolute atomic E-state index is 0.158. The molecule has 284 valence electrons. The van der Waals surface area contributed by atoms with Gasteiger partial charge in [-0.05, 0) is 97.5 Å². The van der Waals surface area contributed by atoms with Crippen LogP contribution in [0.3, 0.4) is 0 Å². The summed E-state index contributed by atoms with van der Waals surface area (Å²) in [4.78, 5) is 20.7. The van der Waals surface area contributed by atoms with Crippen LogP contribution in [-0.4, -0.2) is 64.7 Å². The quantitative estimate of drug-likeness (QED) is 0.119. The number of benzene rings is 3. The molecule has 3 fully saturated rings. The largest absolute Gasteiger partial charge is 0.493 e. The molecule has 1 aromatic heterocycles. The molecular formula is C44H46ClN5O5. The zero-order chi connectivity index (χ0) is 38.5. The first-order valence-electron chi connectivity index (χ1n) is 19.1. The van der Waals surface area contributed by atoms with Gasteiger partial charge >= 0.3 is 5.97 Å². The van der Waals surface area contributed by atoms with Crippen LogP contribution in [0.1, 0.15) is 59.1 Å². The molecule has 2 saturated heterocycles. The number of ether oxygens (including phenoxy) is 3. The van der Waals surface area contributed by atoms with Crippen molar-refractivity contribution in [3.63, 3.8) is 0 Å². The van der Waals surface area contributed by atoms with E-state index in [2.05, 4.69) is 48.0 Å². The number of fused-ring (bicyclic) bond motifs is 1. The van der Waals surface area contributed by atoms with E-state index in [1.165, 1.54) is 6.20 Å². The molecule has 0 radical (unpaired) electrons. The standard InChI is InChI=1S/C44H46ClN5O5/c1-28-32(8-5-9-34(28)35-10-6-12-41(29(35)2)53-15-7-13-49-24-37-36(20-47)38(37)25-49)27-55-43-18-42(54-26-31-16-30(19-46)21-48-22-31)33(17-39(43)45)23-50-14-4-3-11-40(50)44(51)52/h5-6,8-10,12,16-18,21-22,36-38,40H,3-4,7,11,13-15,23-27H2,1-2H3,(H,51,52)/t36?,37?,38?,40-/m0/s1. The number of aromatic nitrogens is 1. The summed E-state index contributed by atoms with van der Waals surface area (Å²) in [6, 6.07) is 21.7. The Morgan fingerprint density at radius 3 is 2.44 bits per heavy atom. The predicted molar refractivity (Wildman–Crippen MR) is 209 cm³/mol. The number of halogens is 1. The summed E-state index contributed by atoms with van der Waals surface area (Å²) in [6.07, 6.45) is 6.48. The van der Waals surface area contributed by atoms with Gasteiger partial charge < -0.3 is 24.2 Å². The van der Waals surface area contributed by atoms with Gasteiger partial charge in [-0.15, -0.1) is 0 Å². The van der Waals surface area contributed by atoms with Crippen LogP contribution < -0.4 is 14.2 Å². The van der Waals surface area contributed by atoms with Gasteiger partial charge in [0.2, 0.25) is 0 Å². The van der Waals surface area contributed by atoms with E-state index in [0.717, 1.165) is 83.6 Å². The highest BCUT2D eigenvalue weighted by molar-refractivity contribution is 6.32. The molecule has 1 aliphatic carbocycles. The van der Waals surface area contributed by atoms with Crippen molar-refractivity contribution >= 4 is 17.6 Å². The number of pyridine rings is 1. The fourth-order valence-electron chi connectivity index (χ4n) is 8.22. The van der Waals surface area contributed by atoms with Crippen LogP contribution in [0.4, 0.5) is 0 Å². The molecule has 55 heavy (non-hydrogen) atoms. The summed E-state index contributed by atoms with van der Waals surface area (Å²) >= 11 is 6.87. The SMILES string of the molecule is Cc1c(COc2cc(OCc3cncc(C#N)c3)c(CN3CCCC[C@H]3C(=O)O)cc2Cl)cccc1-c1cccc(OCCCN2CC3C(C#N)C3C2)c1C. The minimum atomic E-state index is -0.833. The maximum Gasteiger partial charge on any atom is 0.320 e. The van der Waals surface area contributed by atoms with Gasteiger partial charge in [-0.3, -0.25) is 14.7 Å². The highest BCUT2D eigenvalue weighted by Gasteiger charge is 2.55. The Bertz CT molecular complexity index is 2120. The Hall–Kier alpha value is -5.13. The van der Waals surface area contributed by atoms with Crippen molar-refractivity contribution < 1.29 is 24.1 Å². The van der Waals surface area contributed by atoms with Crippen molar-refractivity contribution in [3.05, 3.63) is 105 Å². The van der Waals surface area contributed by atoms with Crippen LogP contribution >= 0.6 is 11.6 Å². The molecule has 4 aromatic rings. The Kier molecular flexibility index (Phi) is 11.9. The average molecular weight is 760 g/mol. The average Bonchev–Trinajstić information content (AvgIpc) is 3.67. The fraction of sp³-hybridized carbons (Fsp3) is 0.409. The third kappa shape index (κ3) is 8.73. The first-order chi connectivity index (χ1) is 26.7.